The van der Waals surface area contributed by atoms with Crippen LogP contribution in [0, 0.1) is 0 Å². The second-order valence-electron chi connectivity index (χ2n) is 14.9. The molecule has 7 nitrogen and oxygen atoms in total. The third-order valence-corrected chi connectivity index (χ3v) is 10.1. The largest absolute Gasteiger partial charge is 0.464 e. The maximum atomic E-state index is 13.2. The van der Waals surface area contributed by atoms with Crippen molar-refractivity contribution >= 4 is 17.7 Å². The zero-order chi connectivity index (χ0) is 36.1. The highest BCUT2D eigenvalue weighted by Crippen LogP contribution is 2.20. The third-order valence-electron chi connectivity index (χ3n) is 10.1. The van der Waals surface area contributed by atoms with E-state index in [-0.39, 0.29) is 18.2 Å². The van der Waals surface area contributed by atoms with Crippen molar-refractivity contribution in [2.45, 2.75) is 238 Å². The molecule has 0 aliphatic heterocycles. The number of esters is 1. The Balaban J connectivity index is 4.10. The quantitative estimate of drug-likeness (QED) is 0.0193. The van der Waals surface area contributed by atoms with Crippen LogP contribution in [0.1, 0.15) is 232 Å². The van der Waals surface area contributed by atoms with Gasteiger partial charge in [-0.3, -0.25) is 9.79 Å². The molecule has 0 bridgehead atoms. The average molecular weight is 693 g/mol. The maximum Gasteiger partial charge on any atom is 0.333 e. The highest BCUT2D eigenvalue weighted by Gasteiger charge is 2.42. The van der Waals surface area contributed by atoms with Crippen LogP contribution < -0.4 is 17.2 Å². The molecule has 6 N–H and O–H groups in total. The molecule has 49 heavy (non-hydrogen) atoms. The van der Waals surface area contributed by atoms with Crippen molar-refractivity contribution in [3.05, 3.63) is 0 Å². The minimum Gasteiger partial charge on any atom is -0.464 e. The first-order valence-corrected chi connectivity index (χ1v) is 21.4. The monoisotopic (exact) mass is 693 g/mol. The fourth-order valence-corrected chi connectivity index (χ4v) is 6.75. The van der Waals surface area contributed by atoms with Gasteiger partial charge >= 0.3 is 5.97 Å². The van der Waals surface area contributed by atoms with Gasteiger partial charge in [-0.25, -0.2) is 4.79 Å². The Kier molecular flexibility index (Phi) is 35.0. The van der Waals surface area contributed by atoms with E-state index in [0.29, 0.717) is 26.0 Å². The number of ether oxygens (including phenoxy) is 1. The van der Waals surface area contributed by atoms with E-state index < -0.39 is 11.5 Å². The van der Waals surface area contributed by atoms with Crippen molar-refractivity contribution in [1.29, 1.82) is 0 Å². The number of hydrogen-bond acceptors (Lipinski definition) is 5. The smallest absolute Gasteiger partial charge is 0.333 e. The molecule has 0 aliphatic carbocycles. The molecule has 1 atom stereocenters. The molecule has 0 radical (unpaired) electrons. The van der Waals surface area contributed by atoms with Gasteiger partial charge in [0.15, 0.2) is 17.3 Å². The van der Waals surface area contributed by atoms with Gasteiger partial charge in [0, 0.05) is 13.0 Å². The molecule has 0 aromatic carbocycles. The van der Waals surface area contributed by atoms with Gasteiger partial charge in [0.1, 0.15) is 0 Å². The number of carbonyl (C=O) groups excluding carboxylic acids is 2. The van der Waals surface area contributed by atoms with Crippen molar-refractivity contribution in [2.24, 2.45) is 22.2 Å². The zero-order valence-electron chi connectivity index (χ0n) is 32.9. The van der Waals surface area contributed by atoms with Gasteiger partial charge in [0.2, 0.25) is 0 Å². The number of nitrogens with zero attached hydrogens (tertiary/aromatic N) is 1. The van der Waals surface area contributed by atoms with Gasteiger partial charge in [0.05, 0.1) is 6.61 Å². The Morgan fingerprint density at radius 1 is 0.490 bits per heavy atom. The standard InChI is InChI=1S/C42H84N4O3/c1-3-5-7-9-11-13-15-17-19-21-23-25-27-29-31-33-38-49-40(48)42(45,36-34-37-46-41(43)44)39(47)35-32-30-28-26-24-22-20-18-16-14-12-10-8-6-4-2/h3-38,45H2,1-2H3,(H4,43,44,46)/t42-/m1/s1. The summed E-state index contributed by atoms with van der Waals surface area (Å²) in [5, 5.41) is 0. The van der Waals surface area contributed by atoms with Crippen LogP contribution in [-0.4, -0.2) is 36.4 Å². The summed E-state index contributed by atoms with van der Waals surface area (Å²) in [6, 6.07) is 0. The molecular weight excluding hydrogens is 608 g/mol. The Morgan fingerprint density at radius 2 is 0.816 bits per heavy atom. The molecule has 0 aromatic rings. The lowest BCUT2D eigenvalue weighted by Crippen LogP contribution is -2.56. The van der Waals surface area contributed by atoms with Crippen molar-refractivity contribution in [1.82, 2.24) is 0 Å². The van der Waals surface area contributed by atoms with Gasteiger partial charge in [0.25, 0.3) is 0 Å². The molecule has 0 unspecified atom stereocenters. The SMILES string of the molecule is CCCCCCCCCCCCCCCCCCOC(=O)[C@@](N)(CCCN=C(N)N)C(=O)CCCCCCCCCCCCCCCCC. The van der Waals surface area contributed by atoms with Gasteiger partial charge < -0.3 is 21.9 Å². The summed E-state index contributed by atoms with van der Waals surface area (Å²) in [5.41, 5.74) is 15.8. The zero-order valence-corrected chi connectivity index (χ0v) is 32.9. The second-order valence-corrected chi connectivity index (χ2v) is 14.9. The lowest BCUT2D eigenvalue weighted by molar-refractivity contribution is -0.154. The summed E-state index contributed by atoms with van der Waals surface area (Å²) in [6.07, 6.45) is 40.7. The van der Waals surface area contributed by atoms with E-state index >= 15 is 0 Å². The predicted octanol–water partition coefficient (Wildman–Crippen LogP) is 11.4. The van der Waals surface area contributed by atoms with E-state index in [1.54, 1.807) is 0 Å². The molecular formula is C42H84N4O3. The van der Waals surface area contributed by atoms with E-state index in [1.165, 1.54) is 161 Å². The minimum atomic E-state index is -1.62. The van der Waals surface area contributed by atoms with Crippen LogP contribution in [0.4, 0.5) is 0 Å². The maximum absolute atomic E-state index is 13.2. The van der Waals surface area contributed by atoms with Crippen LogP contribution in [0.2, 0.25) is 0 Å². The topological polar surface area (TPSA) is 134 Å². The van der Waals surface area contributed by atoms with Gasteiger partial charge in [-0.05, 0) is 25.7 Å². The first kappa shape index (κ1) is 47.4. The molecule has 290 valence electrons. The fourth-order valence-electron chi connectivity index (χ4n) is 6.75. The lowest BCUT2D eigenvalue weighted by atomic mass is 9.86. The molecule has 0 saturated carbocycles. The number of hydrogen-bond donors (Lipinski definition) is 3. The lowest BCUT2D eigenvalue weighted by Gasteiger charge is -2.26. The molecule has 0 aliphatic rings. The first-order chi connectivity index (χ1) is 23.9. The normalized spacial score (nSPS) is 12.6. The summed E-state index contributed by atoms with van der Waals surface area (Å²) < 4.78 is 5.58. The van der Waals surface area contributed by atoms with Crippen LogP contribution in [-0.2, 0) is 14.3 Å². The number of unbranched alkanes of at least 4 members (excludes halogenated alkanes) is 29. The molecule has 0 spiro atoms. The van der Waals surface area contributed by atoms with E-state index in [4.69, 9.17) is 21.9 Å². The number of Topliss-reactive ketones (excluding diaryl/α,β-unsaturated/α-hetero) is 1. The minimum absolute atomic E-state index is 0.00201. The summed E-state index contributed by atoms with van der Waals surface area (Å²) in [7, 11) is 0. The number of ketones is 1. The van der Waals surface area contributed by atoms with Crippen molar-refractivity contribution < 1.29 is 14.3 Å². The van der Waals surface area contributed by atoms with E-state index in [1.807, 2.05) is 0 Å². The van der Waals surface area contributed by atoms with E-state index in [2.05, 4.69) is 18.8 Å². The van der Waals surface area contributed by atoms with E-state index in [0.717, 1.165) is 38.5 Å². The molecule has 0 heterocycles. The second kappa shape index (κ2) is 36.2. The van der Waals surface area contributed by atoms with Crippen LogP contribution in [0.25, 0.3) is 0 Å². The van der Waals surface area contributed by atoms with Crippen LogP contribution in [0.15, 0.2) is 4.99 Å². The number of carbonyl (C=O) groups is 2. The first-order valence-electron chi connectivity index (χ1n) is 21.4. The summed E-state index contributed by atoms with van der Waals surface area (Å²) >= 11 is 0. The van der Waals surface area contributed by atoms with Crippen molar-refractivity contribution in [2.75, 3.05) is 13.2 Å². The molecule has 0 aromatic heterocycles. The number of aliphatic imine (C=N–C) groups is 1. The van der Waals surface area contributed by atoms with E-state index in [9.17, 15) is 9.59 Å². The van der Waals surface area contributed by atoms with Crippen LogP contribution >= 0.6 is 0 Å². The Labute approximate surface area is 304 Å². The number of rotatable bonds is 39. The van der Waals surface area contributed by atoms with Gasteiger partial charge in [-0.1, -0.05) is 200 Å². The molecule has 0 fully saturated rings. The van der Waals surface area contributed by atoms with Crippen molar-refractivity contribution in [3.63, 3.8) is 0 Å². The highest BCUT2D eigenvalue weighted by molar-refractivity contribution is 6.08. The summed E-state index contributed by atoms with van der Waals surface area (Å²) in [4.78, 5) is 30.3. The molecule has 0 amide bonds. The Hall–Kier alpha value is -1.63. The van der Waals surface area contributed by atoms with Crippen LogP contribution in [0.3, 0.4) is 0 Å². The molecule has 0 saturated heterocycles. The molecule has 7 heteroatoms. The summed E-state index contributed by atoms with van der Waals surface area (Å²) in [5.74, 6) is -0.814. The fraction of sp³-hybridized carbons (Fsp3) is 0.929. The number of nitrogens with two attached hydrogens (primary N) is 3. The summed E-state index contributed by atoms with van der Waals surface area (Å²) in [6.45, 7) is 5.19. The average Bonchev–Trinajstić information content (AvgIpc) is 3.09. The third kappa shape index (κ3) is 30.9. The Morgan fingerprint density at radius 3 is 1.16 bits per heavy atom. The number of guanidine groups is 1. The van der Waals surface area contributed by atoms with Gasteiger partial charge in [-0.2, -0.15) is 0 Å². The van der Waals surface area contributed by atoms with Crippen molar-refractivity contribution in [3.8, 4) is 0 Å². The predicted molar refractivity (Wildman–Crippen MR) is 212 cm³/mol. The Bertz CT molecular complexity index is 771. The van der Waals surface area contributed by atoms with Crippen LogP contribution in [0.5, 0.6) is 0 Å². The molecule has 0 rings (SSSR count). The van der Waals surface area contributed by atoms with Gasteiger partial charge in [-0.15, -0.1) is 0 Å². The highest BCUT2D eigenvalue weighted by atomic mass is 16.5.